The van der Waals surface area contributed by atoms with E-state index in [9.17, 15) is 4.79 Å². The molecule has 2 atom stereocenters. The summed E-state index contributed by atoms with van der Waals surface area (Å²) >= 11 is 0. The zero-order chi connectivity index (χ0) is 14.4. The maximum Gasteiger partial charge on any atom is 0.252 e. The highest BCUT2D eigenvalue weighted by Crippen LogP contribution is 2.30. The maximum atomic E-state index is 11.9. The first kappa shape index (κ1) is 14.8. The molecule has 4 N–H and O–H groups in total. The van der Waals surface area contributed by atoms with E-state index in [4.69, 9.17) is 5.84 Å². The first-order chi connectivity index (χ1) is 9.69. The summed E-state index contributed by atoms with van der Waals surface area (Å²) < 4.78 is 0. The van der Waals surface area contributed by atoms with Gasteiger partial charge in [0.1, 0.15) is 5.82 Å². The van der Waals surface area contributed by atoms with E-state index in [-0.39, 0.29) is 5.91 Å². The monoisotopic (exact) mass is 276 g/mol. The molecule has 0 aromatic carbocycles. The number of anilines is 1. The second kappa shape index (κ2) is 7.24. The van der Waals surface area contributed by atoms with Crippen LogP contribution in [0, 0.1) is 11.8 Å². The van der Waals surface area contributed by atoms with E-state index >= 15 is 0 Å². The Balaban J connectivity index is 1.74. The fraction of sp³-hybridized carbons (Fsp3) is 0.600. The number of carbonyl (C=O) groups excluding carboxylic acids is 1. The van der Waals surface area contributed by atoms with E-state index in [2.05, 4.69) is 22.7 Å². The number of rotatable bonds is 5. The number of hydrogen-bond donors (Lipinski definition) is 3. The Kier molecular flexibility index (Phi) is 5.35. The van der Waals surface area contributed by atoms with Gasteiger partial charge in [-0.15, -0.1) is 0 Å². The molecule has 0 spiro atoms. The third-order valence-corrected chi connectivity index (χ3v) is 4.06. The summed E-state index contributed by atoms with van der Waals surface area (Å²) in [6.07, 6.45) is 7.90. The molecule has 0 radical (unpaired) electrons. The molecule has 1 saturated carbocycles. The summed E-state index contributed by atoms with van der Waals surface area (Å²) in [6.45, 7) is 3.07. The molecule has 1 aromatic rings. The van der Waals surface area contributed by atoms with Gasteiger partial charge in [-0.2, -0.15) is 0 Å². The number of amides is 1. The number of pyridine rings is 1. The highest BCUT2D eigenvalue weighted by molar-refractivity contribution is 5.93. The molecule has 1 amide bonds. The molecule has 0 aliphatic heterocycles. The molecule has 1 aromatic heterocycles. The summed E-state index contributed by atoms with van der Waals surface area (Å²) in [6, 6.07) is 3.41. The lowest BCUT2D eigenvalue weighted by Crippen LogP contribution is -2.27. The lowest BCUT2D eigenvalue weighted by atomic mass is 9.81. The second-order valence-electron chi connectivity index (χ2n) is 5.76. The Bertz CT molecular complexity index is 432. The molecule has 5 heteroatoms. The highest BCUT2D eigenvalue weighted by Gasteiger charge is 2.18. The van der Waals surface area contributed by atoms with E-state index in [0.29, 0.717) is 11.4 Å². The average Bonchev–Trinajstić information content (AvgIpc) is 2.47. The molecule has 1 aliphatic carbocycles. The standard InChI is InChI=1S/C15H24N4O/c1-11-3-2-4-12(9-11)7-8-17-15(20)13-5-6-14(19-16)18-10-13/h5-6,10-12H,2-4,7-9,16H2,1H3,(H,17,20)(H,18,19). The minimum absolute atomic E-state index is 0.0649. The highest BCUT2D eigenvalue weighted by atomic mass is 16.1. The number of nitrogen functional groups attached to an aromatic ring is 1. The van der Waals surface area contributed by atoms with Crippen molar-refractivity contribution in [2.24, 2.45) is 17.7 Å². The molecule has 110 valence electrons. The Hall–Kier alpha value is -1.62. The normalized spacial score (nSPS) is 22.3. The minimum atomic E-state index is -0.0649. The van der Waals surface area contributed by atoms with Gasteiger partial charge in [0.05, 0.1) is 5.56 Å². The molecule has 2 rings (SSSR count). The SMILES string of the molecule is CC1CCCC(CCNC(=O)c2ccc(NN)nc2)C1. The molecule has 5 nitrogen and oxygen atoms in total. The van der Waals surface area contributed by atoms with Gasteiger partial charge in [-0.1, -0.05) is 26.2 Å². The van der Waals surface area contributed by atoms with E-state index in [1.807, 2.05) is 0 Å². The zero-order valence-corrected chi connectivity index (χ0v) is 12.1. The summed E-state index contributed by atoms with van der Waals surface area (Å²) in [5.74, 6) is 7.33. The summed E-state index contributed by atoms with van der Waals surface area (Å²) in [5.41, 5.74) is 3.01. The van der Waals surface area contributed by atoms with Gasteiger partial charge in [0.25, 0.3) is 5.91 Å². The third kappa shape index (κ3) is 4.20. The van der Waals surface area contributed by atoms with Crippen molar-refractivity contribution >= 4 is 11.7 Å². The van der Waals surface area contributed by atoms with Gasteiger partial charge in [0, 0.05) is 12.7 Å². The lowest BCUT2D eigenvalue weighted by molar-refractivity contribution is 0.0949. The Morgan fingerprint density at radius 3 is 2.95 bits per heavy atom. The van der Waals surface area contributed by atoms with Crippen LogP contribution in [-0.4, -0.2) is 17.4 Å². The van der Waals surface area contributed by atoms with Crippen molar-refractivity contribution in [2.75, 3.05) is 12.0 Å². The van der Waals surface area contributed by atoms with Crippen molar-refractivity contribution in [3.05, 3.63) is 23.9 Å². The molecule has 20 heavy (non-hydrogen) atoms. The van der Waals surface area contributed by atoms with Crippen LogP contribution in [0.5, 0.6) is 0 Å². The first-order valence-corrected chi connectivity index (χ1v) is 7.40. The molecule has 1 fully saturated rings. The van der Waals surface area contributed by atoms with Crippen molar-refractivity contribution < 1.29 is 4.79 Å². The van der Waals surface area contributed by atoms with Crippen LogP contribution in [0.3, 0.4) is 0 Å². The molecule has 2 unspecified atom stereocenters. The van der Waals surface area contributed by atoms with Crippen LogP contribution in [-0.2, 0) is 0 Å². The number of carbonyl (C=O) groups is 1. The maximum absolute atomic E-state index is 11.9. The predicted molar refractivity (Wildman–Crippen MR) is 80.1 cm³/mol. The van der Waals surface area contributed by atoms with Crippen molar-refractivity contribution in [1.82, 2.24) is 10.3 Å². The van der Waals surface area contributed by atoms with Gasteiger partial charge in [-0.25, -0.2) is 10.8 Å². The number of aromatic nitrogens is 1. The van der Waals surface area contributed by atoms with Crippen molar-refractivity contribution in [1.29, 1.82) is 0 Å². The summed E-state index contributed by atoms with van der Waals surface area (Å²) in [4.78, 5) is 16.0. The number of nitrogens with one attached hydrogen (secondary N) is 2. The van der Waals surface area contributed by atoms with E-state index < -0.39 is 0 Å². The Morgan fingerprint density at radius 1 is 1.45 bits per heavy atom. The number of hydrazine groups is 1. The van der Waals surface area contributed by atoms with Crippen LogP contribution in [0.2, 0.25) is 0 Å². The van der Waals surface area contributed by atoms with Crippen molar-refractivity contribution in [3.63, 3.8) is 0 Å². The lowest BCUT2D eigenvalue weighted by Gasteiger charge is -2.26. The van der Waals surface area contributed by atoms with Crippen LogP contribution < -0.4 is 16.6 Å². The van der Waals surface area contributed by atoms with Crippen molar-refractivity contribution in [2.45, 2.75) is 39.0 Å². The van der Waals surface area contributed by atoms with E-state index in [1.54, 1.807) is 12.1 Å². The summed E-state index contributed by atoms with van der Waals surface area (Å²) in [5, 5.41) is 2.97. The predicted octanol–water partition coefficient (Wildman–Crippen LogP) is 2.31. The van der Waals surface area contributed by atoms with Gasteiger partial charge < -0.3 is 10.7 Å². The fourth-order valence-electron chi connectivity index (χ4n) is 2.93. The number of nitrogens with two attached hydrogens (primary N) is 1. The molecule has 1 heterocycles. The van der Waals surface area contributed by atoms with Crippen LogP contribution in [0.15, 0.2) is 18.3 Å². The van der Waals surface area contributed by atoms with Crippen LogP contribution in [0.4, 0.5) is 5.82 Å². The van der Waals surface area contributed by atoms with Crippen LogP contribution >= 0.6 is 0 Å². The van der Waals surface area contributed by atoms with Gasteiger partial charge in [-0.05, 0) is 36.8 Å². The van der Waals surface area contributed by atoms with E-state index in [0.717, 1.165) is 24.8 Å². The average molecular weight is 276 g/mol. The second-order valence-corrected chi connectivity index (χ2v) is 5.76. The minimum Gasteiger partial charge on any atom is -0.352 e. The number of nitrogens with zero attached hydrogens (tertiary/aromatic N) is 1. The Morgan fingerprint density at radius 2 is 2.30 bits per heavy atom. The quantitative estimate of drug-likeness (QED) is 0.569. The Labute approximate surface area is 120 Å². The largest absolute Gasteiger partial charge is 0.352 e. The molecule has 0 bridgehead atoms. The smallest absolute Gasteiger partial charge is 0.252 e. The van der Waals surface area contributed by atoms with E-state index in [1.165, 1.54) is 31.9 Å². The van der Waals surface area contributed by atoms with Crippen LogP contribution in [0.25, 0.3) is 0 Å². The van der Waals surface area contributed by atoms with Crippen LogP contribution in [0.1, 0.15) is 49.4 Å². The number of hydrogen-bond acceptors (Lipinski definition) is 4. The molecular formula is C15H24N4O. The van der Waals surface area contributed by atoms with Crippen molar-refractivity contribution in [3.8, 4) is 0 Å². The zero-order valence-electron chi connectivity index (χ0n) is 12.1. The molecule has 1 aliphatic rings. The topological polar surface area (TPSA) is 80.0 Å². The molecular weight excluding hydrogens is 252 g/mol. The van der Waals surface area contributed by atoms with Gasteiger partial charge in [-0.3, -0.25) is 4.79 Å². The molecule has 0 saturated heterocycles. The summed E-state index contributed by atoms with van der Waals surface area (Å²) in [7, 11) is 0. The van der Waals surface area contributed by atoms with Gasteiger partial charge >= 0.3 is 0 Å². The fourth-order valence-corrected chi connectivity index (χ4v) is 2.93. The van der Waals surface area contributed by atoms with Gasteiger partial charge in [0.15, 0.2) is 0 Å². The first-order valence-electron chi connectivity index (χ1n) is 7.40. The van der Waals surface area contributed by atoms with Gasteiger partial charge in [0.2, 0.25) is 0 Å². The third-order valence-electron chi connectivity index (χ3n) is 4.06.